The number of hydrogen-bond donors (Lipinski definition) is 1. The molecular formula is C8H7BrF2O2S. The van der Waals surface area contributed by atoms with Crippen LogP contribution in [0.15, 0.2) is 9.85 Å². The molecule has 0 aliphatic heterocycles. The molecule has 0 spiro atoms. The third-order valence-corrected chi connectivity index (χ3v) is 4.14. The molecule has 0 aliphatic carbocycles. The number of alkyl halides is 2. The maximum absolute atomic E-state index is 12.8. The maximum atomic E-state index is 12.8. The molecule has 1 N–H and O–H groups in total. The van der Waals surface area contributed by atoms with Gasteiger partial charge in [0.1, 0.15) is 0 Å². The van der Waals surface area contributed by atoms with Crippen molar-refractivity contribution in [1.82, 2.24) is 0 Å². The standard InChI is InChI=1S/C8H7BrF2O2S/c1-4-3-14-5(6(4)9)2-8(10,11)7(12)13/h3H,2H2,1H3,(H,12,13). The Labute approximate surface area is 91.7 Å². The zero-order valence-electron chi connectivity index (χ0n) is 7.18. The molecule has 0 bridgehead atoms. The van der Waals surface area contributed by atoms with E-state index in [4.69, 9.17) is 5.11 Å². The van der Waals surface area contributed by atoms with E-state index in [1.807, 2.05) is 0 Å². The highest BCUT2D eigenvalue weighted by atomic mass is 79.9. The Morgan fingerprint density at radius 2 is 2.29 bits per heavy atom. The minimum absolute atomic E-state index is 0.356. The van der Waals surface area contributed by atoms with Gasteiger partial charge in [0.2, 0.25) is 0 Å². The SMILES string of the molecule is Cc1csc(CC(F)(F)C(=O)O)c1Br. The number of aryl methyl sites for hydroxylation is 1. The van der Waals surface area contributed by atoms with Gasteiger partial charge in [-0.05, 0) is 33.8 Å². The molecule has 0 saturated heterocycles. The summed E-state index contributed by atoms with van der Waals surface area (Å²) in [6.45, 7) is 1.77. The van der Waals surface area contributed by atoms with Crippen molar-refractivity contribution in [3.63, 3.8) is 0 Å². The smallest absolute Gasteiger partial charge is 0.374 e. The first kappa shape index (κ1) is 11.6. The van der Waals surface area contributed by atoms with Crippen LogP contribution in [0.4, 0.5) is 8.78 Å². The fourth-order valence-electron chi connectivity index (χ4n) is 0.879. The lowest BCUT2D eigenvalue weighted by Gasteiger charge is -2.09. The monoisotopic (exact) mass is 284 g/mol. The van der Waals surface area contributed by atoms with Crippen molar-refractivity contribution >= 4 is 33.2 Å². The van der Waals surface area contributed by atoms with Crippen LogP contribution in [0.25, 0.3) is 0 Å². The molecular weight excluding hydrogens is 278 g/mol. The molecule has 2 nitrogen and oxygen atoms in total. The molecule has 14 heavy (non-hydrogen) atoms. The zero-order valence-corrected chi connectivity index (χ0v) is 9.58. The van der Waals surface area contributed by atoms with Gasteiger partial charge >= 0.3 is 11.9 Å². The summed E-state index contributed by atoms with van der Waals surface area (Å²) in [5.74, 6) is -5.78. The fourth-order valence-corrected chi connectivity index (χ4v) is 2.53. The Kier molecular flexibility index (Phi) is 3.26. The number of aliphatic carboxylic acids is 1. The molecule has 78 valence electrons. The Hall–Kier alpha value is -0.490. The van der Waals surface area contributed by atoms with Crippen LogP contribution in [0.2, 0.25) is 0 Å². The van der Waals surface area contributed by atoms with E-state index >= 15 is 0 Å². The number of carboxylic acids is 1. The van der Waals surface area contributed by atoms with Gasteiger partial charge in [0, 0.05) is 9.35 Å². The summed E-state index contributed by atoms with van der Waals surface area (Å²) in [4.78, 5) is 10.5. The lowest BCUT2D eigenvalue weighted by atomic mass is 10.2. The van der Waals surface area contributed by atoms with Crippen molar-refractivity contribution in [1.29, 1.82) is 0 Å². The highest BCUT2D eigenvalue weighted by molar-refractivity contribution is 9.10. The quantitative estimate of drug-likeness (QED) is 0.926. The first-order chi connectivity index (χ1) is 6.34. The second kappa shape index (κ2) is 3.94. The second-order valence-corrected chi connectivity index (χ2v) is 4.60. The molecule has 0 aliphatic rings. The second-order valence-electron chi connectivity index (χ2n) is 2.84. The summed E-state index contributed by atoms with van der Waals surface area (Å²) in [5.41, 5.74) is 0.839. The largest absolute Gasteiger partial charge is 0.477 e. The van der Waals surface area contributed by atoms with E-state index < -0.39 is 18.3 Å². The topological polar surface area (TPSA) is 37.3 Å². The van der Waals surface area contributed by atoms with Crippen molar-refractivity contribution in [3.05, 3.63) is 20.3 Å². The van der Waals surface area contributed by atoms with Gasteiger partial charge in [-0.25, -0.2) is 4.79 Å². The van der Waals surface area contributed by atoms with E-state index in [1.165, 1.54) is 0 Å². The van der Waals surface area contributed by atoms with Gasteiger partial charge in [-0.1, -0.05) is 0 Å². The van der Waals surface area contributed by atoms with Gasteiger partial charge in [0.05, 0.1) is 6.42 Å². The number of carbonyl (C=O) groups is 1. The molecule has 0 unspecified atom stereocenters. The van der Waals surface area contributed by atoms with Crippen molar-refractivity contribution in [3.8, 4) is 0 Å². The number of halogens is 3. The normalized spacial score (nSPS) is 11.7. The van der Waals surface area contributed by atoms with Crippen LogP contribution in [-0.4, -0.2) is 17.0 Å². The van der Waals surface area contributed by atoms with Crippen LogP contribution in [-0.2, 0) is 11.2 Å². The minimum Gasteiger partial charge on any atom is -0.477 e. The van der Waals surface area contributed by atoms with Crippen LogP contribution < -0.4 is 0 Å². The molecule has 0 amide bonds. The molecule has 1 aromatic heterocycles. The summed E-state index contributed by atoms with van der Waals surface area (Å²) in [5, 5.41) is 9.95. The number of hydrogen-bond acceptors (Lipinski definition) is 2. The number of thiophene rings is 1. The van der Waals surface area contributed by atoms with E-state index in [0.29, 0.717) is 9.35 Å². The average molecular weight is 285 g/mol. The molecule has 0 atom stereocenters. The van der Waals surface area contributed by atoms with Crippen LogP contribution in [0.3, 0.4) is 0 Å². The van der Waals surface area contributed by atoms with Gasteiger partial charge in [0.15, 0.2) is 0 Å². The summed E-state index contributed by atoms with van der Waals surface area (Å²) in [6.07, 6.45) is -0.762. The highest BCUT2D eigenvalue weighted by Gasteiger charge is 2.39. The third-order valence-electron chi connectivity index (χ3n) is 1.66. The molecule has 1 aromatic rings. The van der Waals surface area contributed by atoms with E-state index in [0.717, 1.165) is 16.9 Å². The first-order valence-corrected chi connectivity index (χ1v) is 5.35. The van der Waals surface area contributed by atoms with E-state index in [2.05, 4.69) is 15.9 Å². The summed E-state index contributed by atoms with van der Waals surface area (Å²) in [7, 11) is 0. The molecule has 0 saturated carbocycles. The van der Waals surface area contributed by atoms with Crippen LogP contribution in [0, 0.1) is 6.92 Å². The van der Waals surface area contributed by atoms with Crippen molar-refractivity contribution in [2.45, 2.75) is 19.3 Å². The molecule has 1 rings (SSSR count). The van der Waals surface area contributed by atoms with Crippen LogP contribution in [0.1, 0.15) is 10.4 Å². The van der Waals surface area contributed by atoms with Gasteiger partial charge in [0.25, 0.3) is 0 Å². The first-order valence-electron chi connectivity index (χ1n) is 3.68. The lowest BCUT2D eigenvalue weighted by molar-refractivity contribution is -0.164. The van der Waals surface area contributed by atoms with E-state index in [-0.39, 0.29) is 0 Å². The predicted octanol–water partition coefficient (Wildman–Crippen LogP) is 3.08. The van der Waals surface area contributed by atoms with Crippen LogP contribution in [0.5, 0.6) is 0 Å². The number of carboxylic acid groups (broad SMARTS) is 1. The Morgan fingerprint density at radius 1 is 1.71 bits per heavy atom. The lowest BCUT2D eigenvalue weighted by Crippen LogP contribution is -2.30. The molecule has 6 heteroatoms. The average Bonchev–Trinajstić information content (AvgIpc) is 2.35. The number of rotatable bonds is 3. The molecule has 0 aromatic carbocycles. The van der Waals surface area contributed by atoms with Crippen molar-refractivity contribution in [2.75, 3.05) is 0 Å². The third kappa shape index (κ3) is 2.30. The van der Waals surface area contributed by atoms with Crippen LogP contribution >= 0.6 is 27.3 Å². The van der Waals surface area contributed by atoms with Gasteiger partial charge in [-0.15, -0.1) is 11.3 Å². The predicted molar refractivity (Wildman–Crippen MR) is 53.0 cm³/mol. The van der Waals surface area contributed by atoms with E-state index in [9.17, 15) is 13.6 Å². The highest BCUT2D eigenvalue weighted by Crippen LogP contribution is 2.32. The van der Waals surface area contributed by atoms with Gasteiger partial charge in [-0.3, -0.25) is 0 Å². The Bertz CT molecular complexity index is 362. The molecule has 0 radical (unpaired) electrons. The van der Waals surface area contributed by atoms with Crippen molar-refractivity contribution in [2.24, 2.45) is 0 Å². The molecule has 0 fully saturated rings. The van der Waals surface area contributed by atoms with Gasteiger partial charge in [-0.2, -0.15) is 8.78 Å². The zero-order chi connectivity index (χ0) is 10.9. The summed E-state index contributed by atoms with van der Waals surface area (Å²) < 4.78 is 26.2. The Morgan fingerprint density at radius 3 is 2.64 bits per heavy atom. The summed E-state index contributed by atoms with van der Waals surface area (Å²) in [6, 6.07) is 0. The fraction of sp³-hybridized carbons (Fsp3) is 0.375. The maximum Gasteiger partial charge on any atom is 0.374 e. The minimum atomic E-state index is -3.69. The van der Waals surface area contributed by atoms with E-state index in [1.54, 1.807) is 12.3 Å². The molecule has 1 heterocycles. The summed E-state index contributed by atoms with van der Waals surface area (Å²) >= 11 is 4.27. The van der Waals surface area contributed by atoms with Crippen molar-refractivity contribution < 1.29 is 18.7 Å². The Balaban J connectivity index is 2.89. The van der Waals surface area contributed by atoms with Gasteiger partial charge < -0.3 is 5.11 Å².